The SMILES string of the molecule is COc1ccccc1CCC(=O)CC(=O)O. The van der Waals surface area contributed by atoms with Crippen molar-refractivity contribution in [1.29, 1.82) is 0 Å². The first-order valence-electron chi connectivity index (χ1n) is 4.99. The summed E-state index contributed by atoms with van der Waals surface area (Å²) in [5.74, 6) is -0.617. The summed E-state index contributed by atoms with van der Waals surface area (Å²) in [5.41, 5.74) is 0.920. The minimum absolute atomic E-state index is 0.229. The number of aryl methyl sites for hydroxylation is 1. The topological polar surface area (TPSA) is 63.6 Å². The van der Waals surface area contributed by atoms with Crippen LogP contribution in [-0.4, -0.2) is 24.0 Å². The molecule has 0 fully saturated rings. The highest BCUT2D eigenvalue weighted by molar-refractivity contribution is 5.94. The van der Waals surface area contributed by atoms with E-state index in [-0.39, 0.29) is 12.2 Å². The van der Waals surface area contributed by atoms with E-state index in [1.54, 1.807) is 7.11 Å². The Morgan fingerprint density at radius 2 is 2.00 bits per heavy atom. The van der Waals surface area contributed by atoms with Crippen LogP contribution in [0.25, 0.3) is 0 Å². The van der Waals surface area contributed by atoms with Crippen LogP contribution in [0, 0.1) is 0 Å². The number of rotatable bonds is 6. The summed E-state index contributed by atoms with van der Waals surface area (Å²) in [7, 11) is 1.57. The first-order chi connectivity index (χ1) is 7.63. The quantitative estimate of drug-likeness (QED) is 0.743. The predicted octanol–water partition coefficient (Wildman–Crippen LogP) is 1.67. The molecule has 0 atom stereocenters. The fourth-order valence-corrected chi connectivity index (χ4v) is 1.44. The van der Waals surface area contributed by atoms with Gasteiger partial charge >= 0.3 is 5.97 Å². The van der Waals surface area contributed by atoms with Crippen LogP contribution in [0.2, 0.25) is 0 Å². The highest BCUT2D eigenvalue weighted by Gasteiger charge is 2.09. The Morgan fingerprint density at radius 3 is 2.62 bits per heavy atom. The van der Waals surface area contributed by atoms with Gasteiger partial charge in [0.15, 0.2) is 0 Å². The molecule has 86 valence electrons. The molecule has 0 saturated carbocycles. The molecule has 4 nitrogen and oxygen atoms in total. The first kappa shape index (κ1) is 12.2. The molecule has 1 aromatic carbocycles. The number of carbonyl (C=O) groups excluding carboxylic acids is 1. The van der Waals surface area contributed by atoms with Gasteiger partial charge in [-0.2, -0.15) is 0 Å². The number of aliphatic carboxylic acids is 1. The van der Waals surface area contributed by atoms with Crippen LogP contribution >= 0.6 is 0 Å². The monoisotopic (exact) mass is 222 g/mol. The van der Waals surface area contributed by atoms with Crippen molar-refractivity contribution in [3.8, 4) is 5.75 Å². The van der Waals surface area contributed by atoms with Gasteiger partial charge in [-0.25, -0.2) is 0 Å². The molecule has 0 amide bonds. The number of hydrogen-bond acceptors (Lipinski definition) is 3. The fourth-order valence-electron chi connectivity index (χ4n) is 1.44. The number of para-hydroxylation sites is 1. The molecule has 0 radical (unpaired) electrons. The van der Waals surface area contributed by atoms with Crippen LogP contribution in [0.3, 0.4) is 0 Å². The summed E-state index contributed by atoms with van der Waals surface area (Å²) >= 11 is 0. The highest BCUT2D eigenvalue weighted by atomic mass is 16.5. The molecular weight excluding hydrogens is 208 g/mol. The van der Waals surface area contributed by atoms with E-state index in [4.69, 9.17) is 9.84 Å². The zero-order chi connectivity index (χ0) is 12.0. The summed E-state index contributed by atoms with van der Waals surface area (Å²) < 4.78 is 5.13. The molecule has 0 saturated heterocycles. The molecular formula is C12H14O4. The van der Waals surface area contributed by atoms with Crippen molar-refractivity contribution >= 4 is 11.8 Å². The van der Waals surface area contributed by atoms with Crippen molar-refractivity contribution < 1.29 is 19.4 Å². The number of carboxylic acid groups (broad SMARTS) is 1. The first-order valence-corrected chi connectivity index (χ1v) is 4.99. The van der Waals surface area contributed by atoms with Crippen molar-refractivity contribution in [2.24, 2.45) is 0 Å². The van der Waals surface area contributed by atoms with E-state index in [0.29, 0.717) is 6.42 Å². The van der Waals surface area contributed by atoms with Crippen LogP contribution in [0.5, 0.6) is 5.75 Å². The third-order valence-corrected chi connectivity index (χ3v) is 2.21. The molecule has 0 heterocycles. The Kier molecular flexibility index (Phi) is 4.51. The average Bonchev–Trinajstić information content (AvgIpc) is 2.26. The van der Waals surface area contributed by atoms with Crippen molar-refractivity contribution in [2.75, 3.05) is 7.11 Å². The minimum atomic E-state index is -1.08. The minimum Gasteiger partial charge on any atom is -0.496 e. The molecule has 4 heteroatoms. The third kappa shape index (κ3) is 3.73. The second-order valence-corrected chi connectivity index (χ2v) is 3.42. The Morgan fingerprint density at radius 1 is 1.31 bits per heavy atom. The van der Waals surface area contributed by atoms with E-state index in [2.05, 4.69) is 0 Å². The number of carboxylic acids is 1. The Bertz CT molecular complexity index is 384. The Labute approximate surface area is 93.9 Å². The molecule has 16 heavy (non-hydrogen) atoms. The third-order valence-electron chi connectivity index (χ3n) is 2.21. The molecule has 1 aromatic rings. The van der Waals surface area contributed by atoms with E-state index >= 15 is 0 Å². The van der Waals surface area contributed by atoms with E-state index in [1.807, 2.05) is 24.3 Å². The van der Waals surface area contributed by atoms with E-state index in [9.17, 15) is 9.59 Å². The average molecular weight is 222 g/mol. The number of ether oxygens (including phenoxy) is 1. The molecule has 1 N–H and O–H groups in total. The molecule has 0 unspecified atom stereocenters. The van der Waals surface area contributed by atoms with Crippen LogP contribution in [0.1, 0.15) is 18.4 Å². The largest absolute Gasteiger partial charge is 0.496 e. The maximum atomic E-state index is 11.2. The zero-order valence-electron chi connectivity index (χ0n) is 9.10. The summed E-state index contributed by atoms with van der Waals surface area (Å²) in [5, 5.41) is 8.44. The van der Waals surface area contributed by atoms with Gasteiger partial charge in [0.1, 0.15) is 18.0 Å². The van der Waals surface area contributed by atoms with Gasteiger partial charge in [-0.3, -0.25) is 9.59 Å². The molecule has 1 rings (SSSR count). The number of ketones is 1. The lowest BCUT2D eigenvalue weighted by molar-refractivity contribution is -0.140. The predicted molar refractivity (Wildman–Crippen MR) is 58.6 cm³/mol. The fraction of sp³-hybridized carbons (Fsp3) is 0.333. The lowest BCUT2D eigenvalue weighted by atomic mass is 10.1. The van der Waals surface area contributed by atoms with E-state index < -0.39 is 12.4 Å². The number of hydrogen-bond donors (Lipinski definition) is 1. The van der Waals surface area contributed by atoms with Gasteiger partial charge in [-0.15, -0.1) is 0 Å². The molecule has 0 aliphatic heterocycles. The van der Waals surface area contributed by atoms with Gasteiger partial charge < -0.3 is 9.84 Å². The van der Waals surface area contributed by atoms with E-state index in [0.717, 1.165) is 11.3 Å². The second-order valence-electron chi connectivity index (χ2n) is 3.42. The van der Waals surface area contributed by atoms with Gasteiger partial charge in [0.2, 0.25) is 0 Å². The van der Waals surface area contributed by atoms with Gasteiger partial charge in [0.05, 0.1) is 7.11 Å². The maximum absolute atomic E-state index is 11.2. The van der Waals surface area contributed by atoms with Crippen molar-refractivity contribution in [3.63, 3.8) is 0 Å². The van der Waals surface area contributed by atoms with Gasteiger partial charge in [0, 0.05) is 6.42 Å². The standard InChI is InChI=1S/C12H14O4/c1-16-11-5-3-2-4-9(11)6-7-10(13)8-12(14)15/h2-5H,6-8H2,1H3,(H,14,15). The van der Waals surface area contributed by atoms with Crippen molar-refractivity contribution in [3.05, 3.63) is 29.8 Å². The Hall–Kier alpha value is -1.84. The van der Waals surface area contributed by atoms with Crippen LogP contribution in [0.15, 0.2) is 24.3 Å². The Balaban J connectivity index is 2.54. The molecule has 0 aliphatic carbocycles. The van der Waals surface area contributed by atoms with Crippen LogP contribution in [-0.2, 0) is 16.0 Å². The van der Waals surface area contributed by atoms with Crippen LogP contribution < -0.4 is 4.74 Å². The summed E-state index contributed by atoms with van der Waals surface area (Å²) in [4.78, 5) is 21.5. The van der Waals surface area contributed by atoms with Gasteiger partial charge in [0.25, 0.3) is 0 Å². The number of carbonyl (C=O) groups is 2. The van der Waals surface area contributed by atoms with Crippen molar-refractivity contribution in [1.82, 2.24) is 0 Å². The molecule has 0 aromatic heterocycles. The van der Waals surface area contributed by atoms with Gasteiger partial charge in [-0.05, 0) is 18.1 Å². The molecule has 0 bridgehead atoms. The van der Waals surface area contributed by atoms with Gasteiger partial charge in [-0.1, -0.05) is 18.2 Å². The summed E-state index contributed by atoms with van der Waals surface area (Å²) in [6.07, 6.45) is 0.331. The number of methoxy groups -OCH3 is 1. The normalized spacial score (nSPS) is 9.81. The number of Topliss-reactive ketones (excluding diaryl/α,β-unsaturated/α-hetero) is 1. The smallest absolute Gasteiger partial charge is 0.310 e. The highest BCUT2D eigenvalue weighted by Crippen LogP contribution is 2.18. The molecule has 0 spiro atoms. The molecule has 0 aliphatic rings. The lowest BCUT2D eigenvalue weighted by Gasteiger charge is -2.06. The lowest BCUT2D eigenvalue weighted by Crippen LogP contribution is -2.07. The maximum Gasteiger partial charge on any atom is 0.310 e. The summed E-state index contributed by atoms with van der Waals surface area (Å²) in [6.45, 7) is 0. The van der Waals surface area contributed by atoms with Crippen LogP contribution in [0.4, 0.5) is 0 Å². The zero-order valence-corrected chi connectivity index (χ0v) is 9.10. The van der Waals surface area contributed by atoms with Crippen molar-refractivity contribution in [2.45, 2.75) is 19.3 Å². The second kappa shape index (κ2) is 5.90. The van der Waals surface area contributed by atoms with E-state index in [1.165, 1.54) is 0 Å². The number of benzene rings is 1. The summed E-state index contributed by atoms with van der Waals surface area (Å²) in [6, 6.07) is 7.39.